The van der Waals surface area contributed by atoms with Crippen LogP contribution < -0.4 is 4.74 Å². The topological polar surface area (TPSA) is 119 Å². The van der Waals surface area contributed by atoms with Crippen molar-refractivity contribution in [3.05, 3.63) is 28.9 Å². The number of halogens is 1. The Labute approximate surface area is 179 Å². The maximum Gasteiger partial charge on any atom is 0.337 e. The van der Waals surface area contributed by atoms with Gasteiger partial charge in [-0.2, -0.15) is 5.10 Å². The molecule has 3 rings (SSSR count). The van der Waals surface area contributed by atoms with E-state index in [2.05, 4.69) is 5.10 Å². The normalized spacial score (nSPS) is 14.2. The Morgan fingerprint density at radius 1 is 1.30 bits per heavy atom. The third-order valence-corrected chi connectivity index (χ3v) is 7.05. The van der Waals surface area contributed by atoms with Gasteiger partial charge in [-0.05, 0) is 25.0 Å². The van der Waals surface area contributed by atoms with E-state index in [1.165, 1.54) is 17.7 Å². The number of amides is 1. The fourth-order valence-corrected chi connectivity index (χ4v) is 4.87. The molecular formula is C19H22ClN3O6S. The lowest BCUT2D eigenvalue weighted by Crippen LogP contribution is -2.32. The third kappa shape index (κ3) is 4.29. The summed E-state index contributed by atoms with van der Waals surface area (Å²) in [6.45, 7) is 2.21. The molecule has 0 aliphatic carbocycles. The van der Waals surface area contributed by atoms with Crippen LogP contribution in [0.2, 0.25) is 5.02 Å². The van der Waals surface area contributed by atoms with Crippen molar-refractivity contribution in [1.29, 1.82) is 0 Å². The maximum absolute atomic E-state index is 12.9. The average molecular weight is 456 g/mol. The fourth-order valence-electron chi connectivity index (χ4n) is 3.30. The van der Waals surface area contributed by atoms with Gasteiger partial charge in [-0.15, -0.1) is 0 Å². The number of aromatic carboxylic acids is 1. The molecule has 1 fully saturated rings. The van der Waals surface area contributed by atoms with Crippen molar-refractivity contribution >= 4 is 33.3 Å². The highest BCUT2D eigenvalue weighted by atomic mass is 35.5. The standard InChI is InChI=1S/C19H22ClN3O6S/c1-3-30(27,28)18-12(14-6-9-22(2)21-14)10-13(19(25)26)16(20)17(18)29-11-15(24)23-7-4-5-8-23/h6,9-10H,3-5,7-8,11H2,1-2H3,(H,25,26). The van der Waals surface area contributed by atoms with Crippen LogP contribution in [-0.2, 0) is 21.7 Å². The molecule has 0 bridgehead atoms. The quantitative estimate of drug-likeness (QED) is 0.679. The first-order chi connectivity index (χ1) is 14.2. The molecule has 0 spiro atoms. The van der Waals surface area contributed by atoms with Crippen LogP contribution in [0.4, 0.5) is 0 Å². The van der Waals surface area contributed by atoms with Crippen molar-refractivity contribution in [2.45, 2.75) is 24.7 Å². The van der Waals surface area contributed by atoms with Crippen molar-refractivity contribution in [1.82, 2.24) is 14.7 Å². The van der Waals surface area contributed by atoms with Gasteiger partial charge in [0.25, 0.3) is 5.91 Å². The molecule has 2 heterocycles. The van der Waals surface area contributed by atoms with Crippen LogP contribution in [-0.4, -0.2) is 65.5 Å². The molecule has 11 heteroatoms. The van der Waals surface area contributed by atoms with Crippen molar-refractivity contribution in [3.8, 4) is 17.0 Å². The van der Waals surface area contributed by atoms with Gasteiger partial charge < -0.3 is 14.7 Å². The zero-order valence-electron chi connectivity index (χ0n) is 16.6. The molecule has 1 aliphatic rings. The number of carboxylic acids is 1. The second kappa shape index (κ2) is 8.65. The van der Waals surface area contributed by atoms with Crippen molar-refractivity contribution in [3.63, 3.8) is 0 Å². The molecule has 162 valence electrons. The Morgan fingerprint density at radius 3 is 2.50 bits per heavy atom. The minimum atomic E-state index is -3.91. The van der Waals surface area contributed by atoms with Crippen LogP contribution in [0.25, 0.3) is 11.3 Å². The number of rotatable bonds is 7. The number of aromatic nitrogens is 2. The first-order valence-corrected chi connectivity index (χ1v) is 11.4. The van der Waals surface area contributed by atoms with Crippen LogP contribution in [0, 0.1) is 0 Å². The molecule has 30 heavy (non-hydrogen) atoms. The summed E-state index contributed by atoms with van der Waals surface area (Å²) in [6, 6.07) is 2.73. The Morgan fingerprint density at radius 2 is 1.97 bits per heavy atom. The summed E-state index contributed by atoms with van der Waals surface area (Å²) < 4.78 is 32.9. The molecular weight excluding hydrogens is 434 g/mol. The lowest BCUT2D eigenvalue weighted by Gasteiger charge is -2.20. The molecule has 1 aromatic carbocycles. The SMILES string of the molecule is CCS(=O)(=O)c1c(-c2ccn(C)n2)cc(C(=O)O)c(Cl)c1OCC(=O)N1CCCC1. The molecule has 0 unspecified atom stereocenters. The van der Waals surface area contributed by atoms with E-state index >= 15 is 0 Å². The summed E-state index contributed by atoms with van der Waals surface area (Å²) in [5.41, 5.74) is -0.0294. The van der Waals surface area contributed by atoms with E-state index in [1.807, 2.05) is 0 Å². The van der Waals surface area contributed by atoms with E-state index in [1.54, 1.807) is 24.2 Å². The predicted molar refractivity (Wildman–Crippen MR) is 110 cm³/mol. The highest BCUT2D eigenvalue weighted by molar-refractivity contribution is 7.91. The highest BCUT2D eigenvalue weighted by Gasteiger charge is 2.31. The average Bonchev–Trinajstić information content (AvgIpc) is 3.38. The number of hydrogen-bond acceptors (Lipinski definition) is 6. The van der Waals surface area contributed by atoms with Crippen LogP contribution >= 0.6 is 11.6 Å². The number of carboxylic acid groups (broad SMARTS) is 1. The number of aryl methyl sites for hydroxylation is 1. The van der Waals surface area contributed by atoms with Gasteiger partial charge in [0.1, 0.15) is 4.90 Å². The molecule has 0 radical (unpaired) electrons. The van der Waals surface area contributed by atoms with Gasteiger partial charge in [0.05, 0.1) is 22.0 Å². The number of ether oxygens (including phenoxy) is 1. The number of carbonyl (C=O) groups excluding carboxylic acids is 1. The molecule has 1 N–H and O–H groups in total. The monoisotopic (exact) mass is 455 g/mol. The van der Waals surface area contributed by atoms with Crippen molar-refractivity contribution < 1.29 is 27.9 Å². The van der Waals surface area contributed by atoms with Gasteiger partial charge in [0, 0.05) is 31.9 Å². The Kier molecular flexibility index (Phi) is 6.37. The van der Waals surface area contributed by atoms with Crippen LogP contribution in [0.1, 0.15) is 30.1 Å². The number of likely N-dealkylation sites (tertiary alicyclic amines) is 1. The van der Waals surface area contributed by atoms with Crippen molar-refractivity contribution in [2.75, 3.05) is 25.4 Å². The van der Waals surface area contributed by atoms with Crippen LogP contribution in [0.15, 0.2) is 23.2 Å². The summed E-state index contributed by atoms with van der Waals surface area (Å²) in [4.78, 5) is 25.5. The van der Waals surface area contributed by atoms with E-state index in [9.17, 15) is 23.1 Å². The van der Waals surface area contributed by atoms with Crippen LogP contribution in [0.3, 0.4) is 0 Å². The van der Waals surface area contributed by atoms with Gasteiger partial charge in [-0.25, -0.2) is 13.2 Å². The largest absolute Gasteiger partial charge is 0.481 e. The van der Waals surface area contributed by atoms with E-state index in [0.29, 0.717) is 13.1 Å². The van der Waals surface area contributed by atoms with E-state index in [4.69, 9.17) is 16.3 Å². The summed E-state index contributed by atoms with van der Waals surface area (Å²) >= 11 is 6.26. The molecule has 9 nitrogen and oxygen atoms in total. The second-order valence-electron chi connectivity index (χ2n) is 6.90. The van der Waals surface area contributed by atoms with Gasteiger partial charge in [-0.3, -0.25) is 9.48 Å². The van der Waals surface area contributed by atoms with Crippen molar-refractivity contribution in [2.24, 2.45) is 7.05 Å². The fraction of sp³-hybridized carbons (Fsp3) is 0.421. The van der Waals surface area contributed by atoms with Gasteiger partial charge in [0.2, 0.25) is 0 Å². The summed E-state index contributed by atoms with van der Waals surface area (Å²) in [7, 11) is -2.26. The van der Waals surface area contributed by atoms with Gasteiger partial charge >= 0.3 is 5.97 Å². The number of nitrogens with zero attached hydrogens (tertiary/aromatic N) is 3. The minimum Gasteiger partial charge on any atom is -0.481 e. The Bertz CT molecular complexity index is 1090. The Balaban J connectivity index is 2.17. The smallest absolute Gasteiger partial charge is 0.337 e. The first-order valence-electron chi connectivity index (χ1n) is 9.38. The number of carbonyl (C=O) groups is 2. The summed E-state index contributed by atoms with van der Waals surface area (Å²) in [5, 5.41) is 13.4. The summed E-state index contributed by atoms with van der Waals surface area (Å²) in [5.74, 6) is -2.28. The third-order valence-electron chi connectivity index (χ3n) is 4.89. The molecule has 1 saturated heterocycles. The van der Waals surface area contributed by atoms with E-state index < -0.39 is 22.4 Å². The molecule has 1 aliphatic heterocycles. The molecule has 1 aromatic heterocycles. The predicted octanol–water partition coefficient (Wildman–Crippen LogP) is 2.23. The van der Waals surface area contributed by atoms with E-state index in [-0.39, 0.29) is 44.1 Å². The van der Waals surface area contributed by atoms with Gasteiger partial charge in [-0.1, -0.05) is 18.5 Å². The zero-order valence-corrected chi connectivity index (χ0v) is 18.2. The van der Waals surface area contributed by atoms with Gasteiger partial charge in [0.15, 0.2) is 22.2 Å². The number of benzene rings is 1. The van der Waals surface area contributed by atoms with E-state index in [0.717, 1.165) is 12.8 Å². The lowest BCUT2D eigenvalue weighted by molar-refractivity contribution is -0.132. The molecule has 0 saturated carbocycles. The molecule has 0 atom stereocenters. The second-order valence-corrected chi connectivity index (χ2v) is 9.50. The maximum atomic E-state index is 12.9. The summed E-state index contributed by atoms with van der Waals surface area (Å²) in [6.07, 6.45) is 3.38. The zero-order chi connectivity index (χ0) is 22.1. The Hall–Kier alpha value is -2.59. The number of hydrogen-bond donors (Lipinski definition) is 1. The molecule has 2 aromatic rings. The molecule has 1 amide bonds. The number of sulfone groups is 1. The first kappa shape index (κ1) is 22.1. The highest BCUT2D eigenvalue weighted by Crippen LogP contribution is 2.42. The van der Waals surface area contributed by atoms with Crippen LogP contribution in [0.5, 0.6) is 5.75 Å². The lowest BCUT2D eigenvalue weighted by atomic mass is 10.1. The minimum absolute atomic E-state index is 0.0582.